The van der Waals surface area contributed by atoms with E-state index in [1.54, 1.807) is 6.07 Å². The maximum atomic E-state index is 12.0. The van der Waals surface area contributed by atoms with Crippen LogP contribution in [-0.2, 0) is 4.74 Å². The van der Waals surface area contributed by atoms with Crippen molar-refractivity contribution in [3.05, 3.63) is 28.6 Å². The molecule has 28 heavy (non-hydrogen) atoms. The molecule has 10 nitrogen and oxygen atoms in total. The molecule has 0 spiro atoms. The molecule has 2 heterocycles. The molecule has 3 rings (SSSR count). The van der Waals surface area contributed by atoms with E-state index in [1.165, 1.54) is 12.1 Å². The third-order valence-electron chi connectivity index (χ3n) is 4.26. The van der Waals surface area contributed by atoms with E-state index in [0.717, 1.165) is 0 Å². The van der Waals surface area contributed by atoms with Gasteiger partial charge in [0.25, 0.3) is 0 Å². The lowest BCUT2D eigenvalue weighted by Gasteiger charge is -2.39. The van der Waals surface area contributed by atoms with Crippen LogP contribution in [0.1, 0.15) is 13.8 Å². The largest absolute Gasteiger partial charge is 0.499 e. The molecule has 1 fully saturated rings. The Kier molecular flexibility index (Phi) is 5.77. The van der Waals surface area contributed by atoms with Crippen LogP contribution in [0.15, 0.2) is 27.4 Å². The highest BCUT2D eigenvalue weighted by molar-refractivity contribution is 5.86. The van der Waals surface area contributed by atoms with Gasteiger partial charge in [0, 0.05) is 6.07 Å². The summed E-state index contributed by atoms with van der Waals surface area (Å²) in [5.41, 5.74) is -1.03. The van der Waals surface area contributed by atoms with E-state index in [9.17, 15) is 30.3 Å². The van der Waals surface area contributed by atoms with Gasteiger partial charge in [-0.1, -0.05) is 0 Å². The molecule has 0 amide bonds. The number of ether oxygens (including phenoxy) is 3. The number of aliphatic hydroxyl groups excluding tert-OH is 4. The predicted molar refractivity (Wildman–Crippen MR) is 94.3 cm³/mol. The molecule has 1 aromatic heterocycles. The third-order valence-corrected chi connectivity index (χ3v) is 4.26. The van der Waals surface area contributed by atoms with E-state index in [0.29, 0.717) is 5.75 Å². The Balaban J connectivity index is 2.00. The Morgan fingerprint density at radius 2 is 1.86 bits per heavy atom. The predicted octanol–water partition coefficient (Wildman–Crippen LogP) is -0.536. The van der Waals surface area contributed by atoms with Crippen LogP contribution in [0.25, 0.3) is 11.0 Å². The van der Waals surface area contributed by atoms with E-state index in [2.05, 4.69) is 0 Å². The molecule has 1 aromatic carbocycles. The van der Waals surface area contributed by atoms with Crippen LogP contribution < -0.4 is 15.1 Å². The van der Waals surface area contributed by atoms with Crippen molar-refractivity contribution in [2.24, 2.45) is 0 Å². The minimum Gasteiger partial charge on any atom is -0.499 e. The van der Waals surface area contributed by atoms with Gasteiger partial charge in [0.2, 0.25) is 12.0 Å². The lowest BCUT2D eigenvalue weighted by Crippen LogP contribution is -2.60. The SMILES string of the molecule is CC(C)Oc1ccc2c(O[C@@H]3O[C@H](CO)[C@@H](O)[C@H](O)[C@H]3O)c(O)c(=O)oc2c1. The van der Waals surface area contributed by atoms with Crippen LogP contribution >= 0.6 is 0 Å². The van der Waals surface area contributed by atoms with Gasteiger partial charge in [-0.05, 0) is 26.0 Å². The fraction of sp³-hybridized carbons (Fsp3) is 0.500. The lowest BCUT2D eigenvalue weighted by molar-refractivity contribution is -0.277. The highest BCUT2D eigenvalue weighted by Gasteiger charge is 2.45. The van der Waals surface area contributed by atoms with Gasteiger partial charge in [-0.15, -0.1) is 0 Å². The normalized spacial score (nSPS) is 27.9. The van der Waals surface area contributed by atoms with E-state index >= 15 is 0 Å². The third kappa shape index (κ3) is 3.77. The first-order valence-electron chi connectivity index (χ1n) is 8.66. The summed E-state index contributed by atoms with van der Waals surface area (Å²) in [6.45, 7) is 3.00. The highest BCUT2D eigenvalue weighted by Crippen LogP contribution is 2.36. The summed E-state index contributed by atoms with van der Waals surface area (Å²) in [6.07, 6.45) is -7.84. The quantitative estimate of drug-likeness (QED) is 0.414. The second-order valence-electron chi connectivity index (χ2n) is 6.71. The molecule has 2 aromatic rings. The van der Waals surface area contributed by atoms with Gasteiger partial charge in [0.15, 0.2) is 5.75 Å². The van der Waals surface area contributed by atoms with Crippen molar-refractivity contribution in [1.29, 1.82) is 0 Å². The summed E-state index contributed by atoms with van der Waals surface area (Å²) in [7, 11) is 0. The molecule has 0 radical (unpaired) electrons. The number of hydrogen-bond donors (Lipinski definition) is 5. The first-order valence-corrected chi connectivity index (χ1v) is 8.66. The van der Waals surface area contributed by atoms with Gasteiger partial charge >= 0.3 is 5.63 Å². The van der Waals surface area contributed by atoms with Crippen LogP contribution in [-0.4, -0.2) is 68.9 Å². The monoisotopic (exact) mass is 398 g/mol. The summed E-state index contributed by atoms with van der Waals surface area (Å²) in [5, 5.41) is 49.4. The number of hydrogen-bond acceptors (Lipinski definition) is 10. The van der Waals surface area contributed by atoms with Gasteiger partial charge < -0.3 is 44.2 Å². The van der Waals surface area contributed by atoms with Crippen LogP contribution in [0.3, 0.4) is 0 Å². The molecule has 5 N–H and O–H groups in total. The second-order valence-corrected chi connectivity index (χ2v) is 6.71. The van der Waals surface area contributed by atoms with Gasteiger partial charge in [-0.3, -0.25) is 0 Å². The average Bonchev–Trinajstić information content (AvgIpc) is 2.64. The average molecular weight is 398 g/mol. The Labute approximate surface area is 159 Å². The maximum absolute atomic E-state index is 12.0. The molecule has 5 atom stereocenters. The number of fused-ring (bicyclic) bond motifs is 1. The minimum absolute atomic E-state index is 0.0561. The zero-order valence-corrected chi connectivity index (χ0v) is 15.2. The smallest absolute Gasteiger partial charge is 0.382 e. The van der Waals surface area contributed by atoms with Crippen LogP contribution in [0.2, 0.25) is 0 Å². The first-order chi connectivity index (χ1) is 13.2. The van der Waals surface area contributed by atoms with Crippen molar-refractivity contribution < 1.29 is 44.2 Å². The molecule has 1 saturated heterocycles. The van der Waals surface area contributed by atoms with E-state index in [1.807, 2.05) is 13.8 Å². The summed E-state index contributed by atoms with van der Waals surface area (Å²) in [4.78, 5) is 12.0. The van der Waals surface area contributed by atoms with Crippen LogP contribution in [0, 0.1) is 0 Å². The van der Waals surface area contributed by atoms with E-state index < -0.39 is 48.7 Å². The summed E-state index contributed by atoms with van der Waals surface area (Å²) < 4.78 is 21.3. The Bertz CT molecular complexity index is 890. The number of rotatable bonds is 5. The molecule has 0 saturated carbocycles. The second kappa shape index (κ2) is 7.94. The molecule has 0 aliphatic carbocycles. The summed E-state index contributed by atoms with van der Waals surface area (Å²) in [5.74, 6) is -0.774. The molecular weight excluding hydrogens is 376 g/mol. The number of aliphatic hydroxyl groups is 4. The molecule has 154 valence electrons. The van der Waals surface area contributed by atoms with E-state index in [4.69, 9.17) is 18.6 Å². The standard InChI is InChI=1S/C18H22O10/c1-7(2)25-8-3-4-9-10(5-8)26-17(24)15(23)16(9)28-18-14(22)13(21)12(20)11(6-19)27-18/h3-5,7,11-14,18-23H,6H2,1-2H3/t11-,12-,13+,14-,18+/m1/s1. The van der Waals surface area contributed by atoms with Gasteiger partial charge in [-0.2, -0.15) is 0 Å². The lowest BCUT2D eigenvalue weighted by atomic mass is 9.99. The minimum atomic E-state index is -1.71. The summed E-state index contributed by atoms with van der Waals surface area (Å²) >= 11 is 0. The van der Waals surface area contributed by atoms with Crippen molar-refractivity contribution in [2.75, 3.05) is 6.61 Å². The fourth-order valence-corrected chi connectivity index (χ4v) is 2.89. The molecule has 1 aliphatic heterocycles. The molecular formula is C18H22O10. The maximum Gasteiger partial charge on any atom is 0.382 e. The topological polar surface area (TPSA) is 159 Å². The van der Waals surface area contributed by atoms with Crippen molar-refractivity contribution in [3.8, 4) is 17.2 Å². The molecule has 1 aliphatic rings. The Morgan fingerprint density at radius 3 is 2.50 bits per heavy atom. The molecule has 0 bridgehead atoms. The van der Waals surface area contributed by atoms with Gasteiger partial charge in [0.1, 0.15) is 35.7 Å². The van der Waals surface area contributed by atoms with E-state index in [-0.39, 0.29) is 22.8 Å². The van der Waals surface area contributed by atoms with Crippen molar-refractivity contribution in [1.82, 2.24) is 0 Å². The summed E-state index contributed by atoms with van der Waals surface area (Å²) in [6, 6.07) is 4.49. The van der Waals surface area contributed by atoms with Gasteiger partial charge in [-0.25, -0.2) is 4.79 Å². The number of aromatic hydroxyl groups is 1. The van der Waals surface area contributed by atoms with Crippen molar-refractivity contribution in [3.63, 3.8) is 0 Å². The fourth-order valence-electron chi connectivity index (χ4n) is 2.89. The zero-order valence-electron chi connectivity index (χ0n) is 15.2. The van der Waals surface area contributed by atoms with Gasteiger partial charge in [0.05, 0.1) is 18.1 Å². The van der Waals surface area contributed by atoms with Crippen molar-refractivity contribution >= 4 is 11.0 Å². The first kappa shape index (κ1) is 20.4. The Morgan fingerprint density at radius 1 is 1.14 bits per heavy atom. The molecule has 0 unspecified atom stereocenters. The van der Waals surface area contributed by atoms with Crippen LogP contribution in [0.4, 0.5) is 0 Å². The zero-order chi connectivity index (χ0) is 20.6. The highest BCUT2D eigenvalue weighted by atomic mass is 16.7. The van der Waals surface area contributed by atoms with Crippen LogP contribution in [0.5, 0.6) is 17.2 Å². The number of benzene rings is 1. The Hall–Kier alpha value is -2.37. The molecule has 10 heteroatoms. The van der Waals surface area contributed by atoms with Crippen molar-refractivity contribution in [2.45, 2.75) is 50.7 Å².